The molecule has 0 bridgehead atoms. The van der Waals surface area contributed by atoms with Gasteiger partial charge in [-0.25, -0.2) is 4.90 Å². The summed E-state index contributed by atoms with van der Waals surface area (Å²) in [5.74, 6) is -1.53. The van der Waals surface area contributed by atoms with Gasteiger partial charge in [-0.1, -0.05) is 60.7 Å². The highest BCUT2D eigenvalue weighted by molar-refractivity contribution is 6.22. The number of amides is 2. The number of nitro benzene ring substituents is 1. The van der Waals surface area contributed by atoms with Crippen molar-refractivity contribution in [1.82, 2.24) is 5.32 Å². The summed E-state index contributed by atoms with van der Waals surface area (Å²) in [5.41, 5.74) is 2.39. The summed E-state index contributed by atoms with van der Waals surface area (Å²) in [6, 6.07) is 24.4. The number of hydrogen-bond donors (Lipinski definition) is 1. The second-order valence-electron chi connectivity index (χ2n) is 8.19. The Hall–Kier alpha value is -3.84. The molecule has 4 atom stereocenters. The molecule has 7 nitrogen and oxygen atoms in total. The van der Waals surface area contributed by atoms with Gasteiger partial charge in [-0.3, -0.25) is 19.7 Å². The lowest BCUT2D eigenvalue weighted by atomic mass is 9.85. The average Bonchev–Trinajstić information content (AvgIpc) is 3.31. The van der Waals surface area contributed by atoms with Gasteiger partial charge in [0.2, 0.25) is 11.8 Å². The molecule has 0 aliphatic carbocycles. The maximum absolute atomic E-state index is 13.5. The number of hydrogen-bond acceptors (Lipinski definition) is 5. The maximum atomic E-state index is 13.5. The van der Waals surface area contributed by atoms with E-state index in [-0.39, 0.29) is 23.5 Å². The van der Waals surface area contributed by atoms with E-state index in [0.29, 0.717) is 12.1 Å². The summed E-state index contributed by atoms with van der Waals surface area (Å²) in [7, 11) is 0. The van der Waals surface area contributed by atoms with E-state index in [0.717, 1.165) is 11.1 Å². The van der Waals surface area contributed by atoms with E-state index in [4.69, 9.17) is 0 Å². The molecule has 2 amide bonds. The minimum Gasteiger partial charge on any atom is -0.305 e. The minimum atomic E-state index is -0.571. The van der Waals surface area contributed by atoms with Crippen molar-refractivity contribution in [3.05, 3.63) is 106 Å². The van der Waals surface area contributed by atoms with Crippen molar-refractivity contribution in [3.8, 4) is 0 Å². The topological polar surface area (TPSA) is 92.5 Å². The van der Waals surface area contributed by atoms with Gasteiger partial charge in [-0.05, 0) is 29.7 Å². The molecule has 2 heterocycles. The Balaban J connectivity index is 1.53. The van der Waals surface area contributed by atoms with Crippen LogP contribution in [0.4, 0.5) is 11.4 Å². The Morgan fingerprint density at radius 2 is 1.41 bits per heavy atom. The Morgan fingerprint density at radius 3 is 2.03 bits per heavy atom. The van der Waals surface area contributed by atoms with Crippen LogP contribution in [0, 0.1) is 22.0 Å². The second kappa shape index (κ2) is 8.01. The van der Waals surface area contributed by atoms with Gasteiger partial charge in [0.15, 0.2) is 0 Å². The molecule has 1 N–H and O–H groups in total. The van der Waals surface area contributed by atoms with Crippen molar-refractivity contribution in [2.24, 2.45) is 11.8 Å². The van der Waals surface area contributed by atoms with Gasteiger partial charge in [0.05, 0.1) is 22.4 Å². The Kier molecular flexibility index (Phi) is 5.03. The van der Waals surface area contributed by atoms with Crippen LogP contribution in [0.1, 0.15) is 17.2 Å². The van der Waals surface area contributed by atoms with Crippen LogP contribution in [-0.4, -0.2) is 22.8 Å². The largest absolute Gasteiger partial charge is 0.305 e. The van der Waals surface area contributed by atoms with Crippen molar-refractivity contribution in [3.63, 3.8) is 0 Å². The van der Waals surface area contributed by atoms with Crippen molar-refractivity contribution >= 4 is 23.2 Å². The molecule has 3 aromatic rings. The number of nitro groups is 1. The molecule has 2 fully saturated rings. The van der Waals surface area contributed by atoms with Crippen molar-refractivity contribution in [1.29, 1.82) is 0 Å². The first-order valence-corrected chi connectivity index (χ1v) is 10.5. The summed E-state index contributed by atoms with van der Waals surface area (Å²) in [6.45, 7) is 0. The highest BCUT2D eigenvalue weighted by atomic mass is 16.6. The van der Waals surface area contributed by atoms with E-state index < -0.39 is 22.8 Å². The van der Waals surface area contributed by atoms with E-state index in [1.165, 1.54) is 17.0 Å². The van der Waals surface area contributed by atoms with Gasteiger partial charge < -0.3 is 5.32 Å². The summed E-state index contributed by atoms with van der Waals surface area (Å²) in [5, 5.41) is 14.6. The van der Waals surface area contributed by atoms with Gasteiger partial charge >= 0.3 is 0 Å². The molecule has 0 saturated carbocycles. The van der Waals surface area contributed by atoms with Gasteiger partial charge in [0.1, 0.15) is 0 Å². The van der Waals surface area contributed by atoms with Crippen LogP contribution < -0.4 is 10.2 Å². The number of non-ortho nitro benzene ring substituents is 1. The SMILES string of the molecule is O=C1[C@H]2[C@H](C(=O)N1c1ccccc1)[C@H](c1ccc([N+](=O)[O-])cc1)N[C@H]2Cc1ccccc1. The lowest BCUT2D eigenvalue weighted by molar-refractivity contribution is -0.384. The van der Waals surface area contributed by atoms with Gasteiger partial charge in [-0.15, -0.1) is 0 Å². The summed E-state index contributed by atoms with van der Waals surface area (Å²) in [6.07, 6.45) is 0.604. The van der Waals surface area contributed by atoms with Crippen LogP contribution in [0.2, 0.25) is 0 Å². The number of carbonyl (C=O) groups excluding carboxylic acids is 2. The summed E-state index contributed by atoms with van der Waals surface area (Å²) < 4.78 is 0. The van der Waals surface area contributed by atoms with Crippen LogP contribution in [0.5, 0.6) is 0 Å². The molecule has 0 unspecified atom stereocenters. The van der Waals surface area contributed by atoms with E-state index in [1.807, 2.05) is 36.4 Å². The lowest BCUT2D eigenvalue weighted by Gasteiger charge is -2.23. The molecule has 160 valence electrons. The van der Waals surface area contributed by atoms with Gasteiger partial charge in [0.25, 0.3) is 5.69 Å². The molecule has 7 heteroatoms. The predicted octanol–water partition coefficient (Wildman–Crippen LogP) is 3.66. The fraction of sp³-hybridized carbons (Fsp3) is 0.200. The van der Waals surface area contributed by atoms with Crippen molar-refractivity contribution in [2.45, 2.75) is 18.5 Å². The van der Waals surface area contributed by atoms with Crippen LogP contribution >= 0.6 is 0 Å². The van der Waals surface area contributed by atoms with Gasteiger partial charge in [-0.2, -0.15) is 0 Å². The normalized spacial score (nSPS) is 24.6. The fourth-order valence-corrected chi connectivity index (χ4v) is 4.92. The zero-order valence-electron chi connectivity index (χ0n) is 17.1. The molecule has 2 aliphatic rings. The summed E-state index contributed by atoms with van der Waals surface area (Å²) >= 11 is 0. The third-order valence-electron chi connectivity index (χ3n) is 6.36. The highest BCUT2D eigenvalue weighted by Crippen LogP contribution is 2.46. The number of nitrogens with one attached hydrogen (secondary N) is 1. The molecule has 5 rings (SSSR count). The Bertz CT molecular complexity index is 1160. The number of benzene rings is 3. The number of imide groups is 1. The first kappa shape index (κ1) is 20.1. The van der Waals surface area contributed by atoms with Crippen molar-refractivity contribution in [2.75, 3.05) is 4.90 Å². The summed E-state index contributed by atoms with van der Waals surface area (Å²) in [4.78, 5) is 38.9. The van der Waals surface area contributed by atoms with Crippen LogP contribution in [-0.2, 0) is 16.0 Å². The van der Waals surface area contributed by atoms with Gasteiger partial charge in [0, 0.05) is 24.2 Å². The second-order valence-corrected chi connectivity index (χ2v) is 8.19. The van der Waals surface area contributed by atoms with Crippen LogP contribution in [0.25, 0.3) is 0 Å². The fourth-order valence-electron chi connectivity index (χ4n) is 4.92. The maximum Gasteiger partial charge on any atom is 0.269 e. The molecule has 3 aromatic carbocycles. The quantitative estimate of drug-likeness (QED) is 0.381. The van der Waals surface area contributed by atoms with Crippen molar-refractivity contribution < 1.29 is 14.5 Å². The molecule has 2 aliphatic heterocycles. The Morgan fingerprint density at radius 1 is 0.812 bits per heavy atom. The number of rotatable bonds is 5. The molecule has 0 aromatic heterocycles. The minimum absolute atomic E-state index is 0.0103. The van der Waals surface area contributed by atoms with Crippen LogP contribution in [0.15, 0.2) is 84.9 Å². The molecule has 0 radical (unpaired) electrons. The number of nitrogens with zero attached hydrogens (tertiary/aromatic N) is 2. The zero-order valence-corrected chi connectivity index (χ0v) is 17.1. The first-order chi connectivity index (χ1) is 15.5. The van der Waals surface area contributed by atoms with E-state index in [2.05, 4.69) is 5.32 Å². The third kappa shape index (κ3) is 3.36. The smallest absolute Gasteiger partial charge is 0.269 e. The highest BCUT2D eigenvalue weighted by Gasteiger charge is 2.59. The Labute approximate surface area is 184 Å². The average molecular weight is 427 g/mol. The van der Waals surface area contributed by atoms with E-state index >= 15 is 0 Å². The van der Waals surface area contributed by atoms with E-state index in [9.17, 15) is 19.7 Å². The molecule has 0 spiro atoms. The first-order valence-electron chi connectivity index (χ1n) is 10.5. The molecular weight excluding hydrogens is 406 g/mol. The monoisotopic (exact) mass is 427 g/mol. The number of fused-ring (bicyclic) bond motifs is 1. The number of carbonyl (C=O) groups is 2. The molecule has 2 saturated heterocycles. The molecule has 32 heavy (non-hydrogen) atoms. The number of para-hydroxylation sites is 1. The standard InChI is InChI=1S/C25H21N3O4/c29-24-21-20(15-16-7-3-1-4-8-16)26-23(17-11-13-19(14-12-17)28(31)32)22(21)25(30)27(24)18-9-5-2-6-10-18/h1-14,20-23,26H,15H2/t20-,21+,22-,23-/m0/s1. The third-order valence-corrected chi connectivity index (χ3v) is 6.36. The number of anilines is 1. The predicted molar refractivity (Wildman–Crippen MR) is 119 cm³/mol. The van der Waals surface area contributed by atoms with E-state index in [1.54, 1.807) is 36.4 Å². The molecular formula is C25H21N3O4. The van der Waals surface area contributed by atoms with Crippen LogP contribution in [0.3, 0.4) is 0 Å². The zero-order chi connectivity index (χ0) is 22.2. The lowest BCUT2D eigenvalue weighted by Crippen LogP contribution is -2.40.